The minimum absolute atomic E-state index is 0.349. The molecule has 12 heavy (non-hydrogen) atoms. The Kier molecular flexibility index (Phi) is 4.24. The van der Waals surface area contributed by atoms with Crippen molar-refractivity contribution in [3.8, 4) is 0 Å². The van der Waals surface area contributed by atoms with E-state index < -0.39 is 5.60 Å². The van der Waals surface area contributed by atoms with Gasteiger partial charge in [0.2, 0.25) is 0 Å². The van der Waals surface area contributed by atoms with Crippen LogP contribution in [0, 0.1) is 0 Å². The largest absolute Gasteiger partial charge is 0.390 e. The molecule has 0 aliphatic heterocycles. The molecule has 0 aromatic carbocycles. The fourth-order valence-electron chi connectivity index (χ4n) is 0.905. The summed E-state index contributed by atoms with van der Waals surface area (Å²) in [6.07, 6.45) is 0.604. The Labute approximate surface area is 74.9 Å². The molecule has 0 heterocycles. The minimum atomic E-state index is -0.660. The number of nitrogens with zero attached hydrogens (tertiary/aromatic N) is 1. The minimum Gasteiger partial charge on any atom is -0.390 e. The van der Waals surface area contributed by atoms with Gasteiger partial charge >= 0.3 is 0 Å². The van der Waals surface area contributed by atoms with Crippen LogP contribution < -0.4 is 5.43 Å². The Morgan fingerprint density at radius 1 is 1.50 bits per heavy atom. The van der Waals surface area contributed by atoms with E-state index in [-0.39, 0.29) is 0 Å². The maximum atomic E-state index is 9.44. The normalized spacial score (nSPS) is 13.8. The first-order valence-corrected chi connectivity index (χ1v) is 4.32. The van der Waals surface area contributed by atoms with E-state index in [0.717, 1.165) is 5.71 Å². The van der Waals surface area contributed by atoms with Crippen molar-refractivity contribution in [3.63, 3.8) is 0 Å². The highest BCUT2D eigenvalue weighted by Crippen LogP contribution is 2.07. The summed E-state index contributed by atoms with van der Waals surface area (Å²) in [5.41, 5.74) is 3.21. The smallest absolute Gasteiger partial charge is 0.0644 e. The van der Waals surface area contributed by atoms with Gasteiger partial charge in [-0.15, -0.1) is 0 Å². The molecular weight excluding hydrogens is 152 g/mol. The van der Waals surface area contributed by atoms with Crippen molar-refractivity contribution in [2.75, 3.05) is 0 Å². The maximum Gasteiger partial charge on any atom is 0.0644 e. The van der Waals surface area contributed by atoms with Crippen molar-refractivity contribution in [2.24, 2.45) is 5.10 Å². The molecule has 0 amide bonds. The lowest BCUT2D eigenvalue weighted by molar-refractivity contribution is 0.0883. The molecule has 0 spiro atoms. The lowest BCUT2D eigenvalue weighted by atomic mass is 10.0. The predicted octanol–water partition coefficient (Wildman–Crippen LogP) is 1.52. The fraction of sp³-hybridized carbons (Fsp3) is 0.889. The van der Waals surface area contributed by atoms with Gasteiger partial charge in [-0.05, 0) is 34.6 Å². The summed E-state index contributed by atoms with van der Waals surface area (Å²) < 4.78 is 0. The first kappa shape index (κ1) is 11.4. The Morgan fingerprint density at radius 3 is 2.33 bits per heavy atom. The van der Waals surface area contributed by atoms with E-state index in [9.17, 15) is 5.11 Å². The van der Waals surface area contributed by atoms with Gasteiger partial charge < -0.3 is 10.5 Å². The van der Waals surface area contributed by atoms with Crippen LogP contribution in [-0.4, -0.2) is 22.5 Å². The molecule has 0 fully saturated rings. The zero-order valence-electron chi connectivity index (χ0n) is 8.68. The number of nitrogens with one attached hydrogen (secondary N) is 1. The van der Waals surface area contributed by atoms with Crippen molar-refractivity contribution in [1.29, 1.82) is 0 Å². The third-order valence-electron chi connectivity index (χ3n) is 1.20. The number of rotatable bonds is 4. The molecular formula is C9H20N2O. The quantitative estimate of drug-likeness (QED) is 0.499. The lowest BCUT2D eigenvalue weighted by Crippen LogP contribution is -2.24. The van der Waals surface area contributed by atoms with Crippen LogP contribution in [0.5, 0.6) is 0 Å². The van der Waals surface area contributed by atoms with E-state index in [1.165, 1.54) is 0 Å². The van der Waals surface area contributed by atoms with Gasteiger partial charge in [-0.25, -0.2) is 0 Å². The number of aliphatic hydroxyl groups is 1. The summed E-state index contributed by atoms with van der Waals surface area (Å²) in [5, 5.41) is 13.6. The van der Waals surface area contributed by atoms with Crippen LogP contribution in [0.3, 0.4) is 0 Å². The fourth-order valence-corrected chi connectivity index (χ4v) is 0.905. The standard InChI is InChI=1S/C9H20N2O/c1-7(2)10-11-8(3)6-9(4,5)12/h7,10,12H,6H2,1-5H3/b11-8+. The number of hydrazone groups is 1. The van der Waals surface area contributed by atoms with Crippen molar-refractivity contribution in [2.45, 2.75) is 52.7 Å². The van der Waals surface area contributed by atoms with Crippen LogP contribution in [0.25, 0.3) is 0 Å². The van der Waals surface area contributed by atoms with Gasteiger partial charge in [0.25, 0.3) is 0 Å². The first-order chi connectivity index (χ1) is 5.31. The van der Waals surface area contributed by atoms with E-state index in [4.69, 9.17) is 0 Å². The summed E-state index contributed by atoms with van der Waals surface area (Å²) in [5.74, 6) is 0. The Hall–Kier alpha value is -0.570. The van der Waals surface area contributed by atoms with Gasteiger partial charge in [0, 0.05) is 18.2 Å². The SMILES string of the molecule is C/C(CC(C)(C)O)=N\NC(C)C. The molecule has 0 radical (unpaired) electrons. The third-order valence-corrected chi connectivity index (χ3v) is 1.20. The van der Waals surface area contributed by atoms with E-state index >= 15 is 0 Å². The topological polar surface area (TPSA) is 44.6 Å². The average molecular weight is 172 g/mol. The van der Waals surface area contributed by atoms with Gasteiger partial charge in [-0.2, -0.15) is 5.10 Å². The molecule has 3 heteroatoms. The van der Waals surface area contributed by atoms with Crippen LogP contribution in [0.15, 0.2) is 5.10 Å². The summed E-state index contributed by atoms with van der Waals surface area (Å²) in [6.45, 7) is 9.53. The molecule has 0 aliphatic rings. The molecule has 3 nitrogen and oxygen atoms in total. The number of hydrogen-bond donors (Lipinski definition) is 2. The van der Waals surface area contributed by atoms with Gasteiger partial charge in [0.05, 0.1) is 5.60 Å². The highest BCUT2D eigenvalue weighted by Gasteiger charge is 2.13. The molecule has 0 saturated carbocycles. The molecule has 0 unspecified atom stereocenters. The molecule has 0 atom stereocenters. The highest BCUT2D eigenvalue weighted by atomic mass is 16.3. The highest BCUT2D eigenvalue weighted by molar-refractivity contribution is 5.82. The molecule has 0 aromatic rings. The summed E-state index contributed by atoms with van der Waals surface area (Å²) in [4.78, 5) is 0. The number of hydrogen-bond acceptors (Lipinski definition) is 3. The van der Waals surface area contributed by atoms with Gasteiger partial charge in [-0.3, -0.25) is 0 Å². The molecule has 0 rings (SSSR count). The monoisotopic (exact) mass is 172 g/mol. The zero-order valence-corrected chi connectivity index (χ0v) is 8.68. The maximum absolute atomic E-state index is 9.44. The van der Waals surface area contributed by atoms with Crippen LogP contribution in [0.1, 0.15) is 41.0 Å². The predicted molar refractivity (Wildman–Crippen MR) is 52.3 cm³/mol. The van der Waals surface area contributed by atoms with E-state index in [0.29, 0.717) is 12.5 Å². The summed E-state index contributed by atoms with van der Waals surface area (Å²) in [7, 11) is 0. The van der Waals surface area contributed by atoms with E-state index in [2.05, 4.69) is 10.5 Å². The molecule has 0 aromatic heterocycles. The zero-order chi connectivity index (χ0) is 9.78. The lowest BCUT2D eigenvalue weighted by Gasteiger charge is -2.16. The Balaban J connectivity index is 3.86. The van der Waals surface area contributed by atoms with Crippen molar-refractivity contribution >= 4 is 5.71 Å². The summed E-state index contributed by atoms with van der Waals surface area (Å²) >= 11 is 0. The molecule has 0 saturated heterocycles. The second-order valence-corrected chi connectivity index (χ2v) is 4.12. The molecule has 2 N–H and O–H groups in total. The Bertz CT molecular complexity index is 156. The third kappa shape index (κ3) is 7.54. The van der Waals surface area contributed by atoms with E-state index in [1.54, 1.807) is 13.8 Å². The first-order valence-electron chi connectivity index (χ1n) is 4.32. The van der Waals surface area contributed by atoms with Crippen LogP contribution in [0.2, 0.25) is 0 Å². The molecule has 0 bridgehead atoms. The van der Waals surface area contributed by atoms with Gasteiger partial charge in [-0.1, -0.05) is 0 Å². The summed E-state index contributed by atoms with van der Waals surface area (Å²) in [6, 6.07) is 0.349. The van der Waals surface area contributed by atoms with Crippen molar-refractivity contribution in [1.82, 2.24) is 5.43 Å². The van der Waals surface area contributed by atoms with Crippen molar-refractivity contribution in [3.05, 3.63) is 0 Å². The van der Waals surface area contributed by atoms with Crippen LogP contribution in [-0.2, 0) is 0 Å². The van der Waals surface area contributed by atoms with Crippen LogP contribution in [0.4, 0.5) is 0 Å². The molecule has 0 aliphatic carbocycles. The van der Waals surface area contributed by atoms with Gasteiger partial charge in [0.1, 0.15) is 0 Å². The Morgan fingerprint density at radius 2 is 2.00 bits per heavy atom. The van der Waals surface area contributed by atoms with Crippen molar-refractivity contribution < 1.29 is 5.11 Å². The second kappa shape index (κ2) is 4.45. The van der Waals surface area contributed by atoms with Gasteiger partial charge in [0.15, 0.2) is 0 Å². The molecule has 72 valence electrons. The van der Waals surface area contributed by atoms with E-state index in [1.807, 2.05) is 20.8 Å². The average Bonchev–Trinajstić information content (AvgIpc) is 1.79. The second-order valence-electron chi connectivity index (χ2n) is 4.12. The van der Waals surface area contributed by atoms with Crippen LogP contribution >= 0.6 is 0 Å².